The summed E-state index contributed by atoms with van der Waals surface area (Å²) in [6.07, 6.45) is -0.263. The fourth-order valence-corrected chi connectivity index (χ4v) is 22.1. The van der Waals surface area contributed by atoms with Gasteiger partial charge in [0.1, 0.15) is 0 Å². The Kier molecular flexibility index (Phi) is 12.3. The van der Waals surface area contributed by atoms with E-state index in [9.17, 15) is 4.79 Å². The van der Waals surface area contributed by atoms with Crippen molar-refractivity contribution in [3.8, 4) is 34.1 Å². The summed E-state index contributed by atoms with van der Waals surface area (Å²) in [4.78, 5) is 13.6. The molecular weight excluding hydrogens is 819 g/mol. The third-order valence-electron chi connectivity index (χ3n) is 11.6. The van der Waals surface area contributed by atoms with E-state index in [1.165, 1.54) is 17.7 Å². The summed E-state index contributed by atoms with van der Waals surface area (Å²) in [7, 11) is 4.42. The first kappa shape index (κ1) is 40.9. The van der Waals surface area contributed by atoms with Gasteiger partial charge in [0.25, 0.3) is 0 Å². The first-order valence-electron chi connectivity index (χ1n) is 19.1. The van der Waals surface area contributed by atoms with Crippen molar-refractivity contribution in [3.63, 3.8) is 0 Å². The van der Waals surface area contributed by atoms with E-state index in [0.717, 1.165) is 33.4 Å². The molecule has 0 saturated carbocycles. The van der Waals surface area contributed by atoms with E-state index in [-0.39, 0.29) is 11.0 Å². The molecule has 0 unspecified atom stereocenters. The molecule has 5 aromatic rings. The van der Waals surface area contributed by atoms with Gasteiger partial charge < -0.3 is 0 Å². The molecule has 0 radical (unpaired) electrons. The molecule has 5 aromatic carbocycles. The fraction of sp³-hybridized carbons (Fsp3) is 0.271. The third-order valence-corrected chi connectivity index (χ3v) is 29.3. The summed E-state index contributed by atoms with van der Waals surface area (Å²) in [5.41, 5.74) is 8.05. The normalized spacial score (nSPS) is 15.9. The molecule has 8 heteroatoms. The summed E-state index contributed by atoms with van der Waals surface area (Å²) >= 11 is -4.23. The summed E-state index contributed by atoms with van der Waals surface area (Å²) in [5, 5.41) is 0.0258. The van der Waals surface area contributed by atoms with Crippen molar-refractivity contribution in [3.05, 3.63) is 147 Å². The standard InChI is InChI=1S/C30H39O6Si.3C6H5.Sn/c1-18-21(17-37(10,11)30(3,4)5)16-20-12-14-23(32-6)28(34-8)25(20)26-22(27(18)36-19(2)31)13-15-24(33-7)29(26)35-9;3*1-2-4-6-5-3-1;/h1,12-15,17,27H,16H2,2-11H3;3*1-5H;/b18-1?,21-17+;;;;/t27-;;;;/m0..../s1. The minimum atomic E-state index is -4.23. The Bertz CT molecular complexity index is 2140. The number of rotatable bonds is 10. The van der Waals surface area contributed by atoms with Crippen molar-refractivity contribution in [2.45, 2.75) is 58.4 Å². The number of hydrogen-bond donors (Lipinski definition) is 0. The number of ether oxygens (including phenoxy) is 5. The van der Waals surface area contributed by atoms with Crippen LogP contribution in [-0.2, 0) is 16.0 Å². The maximum absolute atomic E-state index is 13.6. The SMILES string of the molecule is COc1ccc2c(c1OC)-c1c(ccc(OC)c1OC)[C@@H](OC(C)=O)C(=[CH]/[Sn]([c]1ccccc1)([c]1ccccc1)[c]1ccccc1)/C(=C/[Si](C)(C)C(C)(C)C)C2. The van der Waals surface area contributed by atoms with E-state index in [0.29, 0.717) is 29.4 Å². The molecule has 0 aliphatic heterocycles. The second-order valence-electron chi connectivity index (χ2n) is 15.9. The van der Waals surface area contributed by atoms with Crippen LogP contribution in [0.4, 0.5) is 0 Å². The predicted octanol–water partition coefficient (Wildman–Crippen LogP) is 9.16. The van der Waals surface area contributed by atoms with Gasteiger partial charge in [0, 0.05) is 0 Å². The average Bonchev–Trinajstić information content (AvgIpc) is 3.19. The van der Waals surface area contributed by atoms with E-state index in [1.807, 2.05) is 18.2 Å². The van der Waals surface area contributed by atoms with Gasteiger partial charge in [-0.25, -0.2) is 0 Å². The molecule has 1 atom stereocenters. The van der Waals surface area contributed by atoms with Crippen molar-refractivity contribution in [1.29, 1.82) is 0 Å². The molecule has 6 rings (SSSR count). The molecule has 0 spiro atoms. The van der Waals surface area contributed by atoms with E-state index in [2.05, 4.69) is 141 Å². The number of carbonyl (C=O) groups excluding carboxylic acids is 1. The quantitative estimate of drug-likeness (QED) is 0.103. The molecule has 0 N–H and O–H groups in total. The van der Waals surface area contributed by atoms with Gasteiger partial charge in [-0.3, -0.25) is 0 Å². The number of fused-ring (bicyclic) bond motifs is 3. The Morgan fingerprint density at radius 2 is 1.12 bits per heavy atom. The second-order valence-corrected chi connectivity index (χ2v) is 31.5. The number of esters is 1. The molecule has 0 saturated heterocycles. The Morgan fingerprint density at radius 3 is 1.55 bits per heavy atom. The summed E-state index contributed by atoms with van der Waals surface area (Å²) in [5.74, 6) is 1.86. The van der Waals surface area contributed by atoms with Crippen molar-refractivity contribution < 1.29 is 28.5 Å². The van der Waals surface area contributed by atoms with Gasteiger partial charge in [-0.2, -0.15) is 0 Å². The molecule has 0 fully saturated rings. The van der Waals surface area contributed by atoms with E-state index < -0.39 is 32.6 Å². The van der Waals surface area contributed by atoms with Gasteiger partial charge >= 0.3 is 340 Å². The molecule has 0 heterocycles. The first-order valence-corrected chi connectivity index (χ1v) is 28.1. The van der Waals surface area contributed by atoms with Crippen LogP contribution in [0.3, 0.4) is 0 Å². The van der Waals surface area contributed by atoms with E-state index >= 15 is 0 Å². The van der Waals surface area contributed by atoms with Crippen LogP contribution in [0, 0.1) is 0 Å². The fourth-order valence-electron chi connectivity index (χ4n) is 7.78. The van der Waals surface area contributed by atoms with E-state index in [4.69, 9.17) is 23.7 Å². The molecular formula is C48H54O6SiSn. The maximum atomic E-state index is 13.6. The van der Waals surface area contributed by atoms with Crippen molar-refractivity contribution >= 4 is 43.2 Å². The summed E-state index contributed by atoms with van der Waals surface area (Å²) < 4.78 is 37.4. The zero-order valence-corrected chi connectivity index (χ0v) is 38.2. The Morgan fingerprint density at radius 1 is 0.661 bits per heavy atom. The predicted molar refractivity (Wildman–Crippen MR) is 234 cm³/mol. The first-order chi connectivity index (χ1) is 26.8. The van der Waals surface area contributed by atoms with Gasteiger partial charge in [-0.15, -0.1) is 0 Å². The Hall–Kier alpha value is -4.73. The molecule has 0 aromatic heterocycles. The van der Waals surface area contributed by atoms with E-state index in [1.54, 1.807) is 28.4 Å². The summed E-state index contributed by atoms with van der Waals surface area (Å²) in [6.45, 7) is 13.4. The third kappa shape index (κ3) is 7.68. The van der Waals surface area contributed by atoms with Crippen LogP contribution in [0.5, 0.6) is 23.0 Å². The Balaban J connectivity index is 1.89. The molecule has 0 amide bonds. The van der Waals surface area contributed by atoms with Crippen LogP contribution < -0.4 is 29.7 Å². The van der Waals surface area contributed by atoms with Crippen LogP contribution in [-0.4, -0.2) is 60.9 Å². The Labute approximate surface area is 338 Å². The number of hydrogen-bond acceptors (Lipinski definition) is 6. The summed E-state index contributed by atoms with van der Waals surface area (Å²) in [6, 6.07) is 40.8. The number of methoxy groups -OCH3 is 4. The van der Waals surface area contributed by atoms with Crippen molar-refractivity contribution in [2.75, 3.05) is 28.4 Å². The zero-order valence-electron chi connectivity index (χ0n) is 34.4. The molecule has 6 nitrogen and oxygen atoms in total. The van der Waals surface area contributed by atoms with Gasteiger partial charge in [-0.05, 0) is 0 Å². The van der Waals surface area contributed by atoms with Crippen LogP contribution >= 0.6 is 0 Å². The van der Waals surface area contributed by atoms with Gasteiger partial charge in [0.05, 0.1) is 0 Å². The van der Waals surface area contributed by atoms with Gasteiger partial charge in [0.2, 0.25) is 0 Å². The zero-order chi connectivity index (χ0) is 40.3. The number of carbonyl (C=O) groups is 1. The molecule has 0 bridgehead atoms. The number of benzene rings is 5. The monoisotopic (exact) mass is 874 g/mol. The second kappa shape index (κ2) is 16.8. The molecule has 1 aliphatic carbocycles. The van der Waals surface area contributed by atoms with Crippen LogP contribution in [0.15, 0.2) is 136 Å². The molecule has 1 aliphatic rings. The van der Waals surface area contributed by atoms with Gasteiger partial charge in [0.15, 0.2) is 0 Å². The van der Waals surface area contributed by atoms with Crippen molar-refractivity contribution in [1.82, 2.24) is 0 Å². The minimum absolute atomic E-state index is 0.0258. The van der Waals surface area contributed by atoms with Crippen LogP contribution in [0.25, 0.3) is 11.1 Å². The van der Waals surface area contributed by atoms with Gasteiger partial charge in [-0.1, -0.05) is 0 Å². The average molecular weight is 874 g/mol. The van der Waals surface area contributed by atoms with Crippen LogP contribution in [0.2, 0.25) is 18.1 Å². The van der Waals surface area contributed by atoms with Crippen LogP contribution in [0.1, 0.15) is 44.9 Å². The molecule has 290 valence electrons. The van der Waals surface area contributed by atoms with Crippen molar-refractivity contribution in [2.24, 2.45) is 0 Å². The topological polar surface area (TPSA) is 63.2 Å². The molecule has 56 heavy (non-hydrogen) atoms.